The number of carbonyl (C=O) groups excluding carboxylic acids is 1. The molecule has 0 radical (unpaired) electrons. The molecule has 6 nitrogen and oxygen atoms in total. The third kappa shape index (κ3) is 5.78. The summed E-state index contributed by atoms with van der Waals surface area (Å²) in [6.45, 7) is 5.08. The van der Waals surface area contributed by atoms with Crippen LogP contribution in [0.15, 0.2) is 18.2 Å². The number of aliphatic hydroxyl groups is 1. The molecule has 1 rings (SSSR count). The first-order valence-electron chi connectivity index (χ1n) is 6.28. The molecular weight excluding hydrogens is 281 g/mol. The molecule has 0 aliphatic heterocycles. The first kappa shape index (κ1) is 16.9. The van der Waals surface area contributed by atoms with Crippen LogP contribution < -0.4 is 5.32 Å². The largest absolute Gasteiger partial charge is 0.481 e. The second-order valence-corrected chi connectivity index (χ2v) is 5.48. The molecule has 0 saturated heterocycles. The monoisotopic (exact) mass is 299 g/mol. The SMILES string of the molecule is CC(C)(C)OC(=O)Nc1ccc(F)c([C@H](O)CC(=O)O)c1. The van der Waals surface area contributed by atoms with Gasteiger partial charge in [-0.25, -0.2) is 9.18 Å². The molecule has 1 amide bonds. The predicted molar refractivity (Wildman–Crippen MR) is 73.5 cm³/mol. The molecular formula is C14H18FNO5. The quantitative estimate of drug-likeness (QED) is 0.794. The molecule has 0 aliphatic carbocycles. The van der Waals surface area contributed by atoms with E-state index in [1.54, 1.807) is 20.8 Å². The van der Waals surface area contributed by atoms with E-state index in [1.165, 1.54) is 12.1 Å². The van der Waals surface area contributed by atoms with Gasteiger partial charge in [-0.3, -0.25) is 10.1 Å². The molecule has 1 aromatic rings. The van der Waals surface area contributed by atoms with Crippen LogP contribution in [-0.2, 0) is 9.53 Å². The minimum atomic E-state index is -1.50. The number of hydrogen-bond donors (Lipinski definition) is 3. The van der Waals surface area contributed by atoms with Gasteiger partial charge in [0.2, 0.25) is 0 Å². The maximum absolute atomic E-state index is 13.6. The van der Waals surface area contributed by atoms with Crippen molar-refractivity contribution >= 4 is 17.7 Å². The van der Waals surface area contributed by atoms with Crippen LogP contribution in [0.4, 0.5) is 14.9 Å². The van der Waals surface area contributed by atoms with E-state index >= 15 is 0 Å². The Hall–Kier alpha value is -2.15. The standard InChI is InChI=1S/C14H18FNO5/c1-14(2,3)21-13(20)16-8-4-5-10(15)9(6-8)11(17)7-12(18)19/h4-6,11,17H,7H2,1-3H3,(H,16,20)(H,18,19)/t11-/m1/s1. The summed E-state index contributed by atoms with van der Waals surface area (Å²) in [5, 5.41) is 20.6. The normalized spacial score (nSPS) is 12.6. The van der Waals surface area contributed by atoms with Crippen molar-refractivity contribution in [2.45, 2.75) is 38.9 Å². The van der Waals surface area contributed by atoms with Crippen LogP contribution in [0.5, 0.6) is 0 Å². The lowest BCUT2D eigenvalue weighted by molar-refractivity contribution is -0.139. The number of carboxylic acid groups (broad SMARTS) is 1. The zero-order valence-electron chi connectivity index (χ0n) is 12.0. The van der Waals surface area contributed by atoms with E-state index in [0.717, 1.165) is 6.07 Å². The Morgan fingerprint density at radius 3 is 2.52 bits per heavy atom. The highest BCUT2D eigenvalue weighted by molar-refractivity contribution is 5.85. The number of carbonyl (C=O) groups is 2. The van der Waals surface area contributed by atoms with E-state index in [2.05, 4.69) is 5.32 Å². The van der Waals surface area contributed by atoms with E-state index in [-0.39, 0.29) is 11.3 Å². The Balaban J connectivity index is 2.86. The number of benzene rings is 1. The molecule has 0 saturated carbocycles. The second kappa shape index (κ2) is 6.53. The summed E-state index contributed by atoms with van der Waals surface area (Å²) < 4.78 is 18.6. The fourth-order valence-corrected chi connectivity index (χ4v) is 1.57. The number of halogens is 1. The number of aliphatic carboxylic acids is 1. The van der Waals surface area contributed by atoms with Crippen LogP contribution in [0.2, 0.25) is 0 Å². The summed E-state index contributed by atoms with van der Waals surface area (Å²) in [4.78, 5) is 22.1. The molecule has 1 atom stereocenters. The third-order valence-corrected chi connectivity index (χ3v) is 2.37. The maximum Gasteiger partial charge on any atom is 0.412 e. The Morgan fingerprint density at radius 1 is 1.38 bits per heavy atom. The smallest absolute Gasteiger partial charge is 0.412 e. The highest BCUT2D eigenvalue weighted by Crippen LogP contribution is 2.24. The first-order valence-corrected chi connectivity index (χ1v) is 6.28. The molecule has 0 heterocycles. The molecule has 0 fully saturated rings. The molecule has 0 aliphatic rings. The zero-order valence-corrected chi connectivity index (χ0v) is 12.0. The Bertz CT molecular complexity index is 539. The number of rotatable bonds is 4. The third-order valence-electron chi connectivity index (χ3n) is 2.37. The summed E-state index contributed by atoms with van der Waals surface area (Å²) in [6.07, 6.45) is -2.86. The van der Waals surface area contributed by atoms with Gasteiger partial charge in [-0.1, -0.05) is 0 Å². The van der Waals surface area contributed by atoms with Gasteiger partial charge in [0.25, 0.3) is 0 Å². The van der Waals surface area contributed by atoms with Crippen molar-refractivity contribution in [3.8, 4) is 0 Å². The van der Waals surface area contributed by atoms with E-state index in [0.29, 0.717) is 0 Å². The van der Waals surface area contributed by atoms with Crippen LogP contribution in [0.1, 0.15) is 38.9 Å². The highest BCUT2D eigenvalue weighted by Gasteiger charge is 2.19. The summed E-state index contributed by atoms with van der Waals surface area (Å²) in [7, 11) is 0. The van der Waals surface area contributed by atoms with Crippen molar-refractivity contribution in [2.24, 2.45) is 0 Å². The number of anilines is 1. The minimum absolute atomic E-state index is 0.199. The lowest BCUT2D eigenvalue weighted by Gasteiger charge is -2.20. The van der Waals surface area contributed by atoms with Gasteiger partial charge in [-0.2, -0.15) is 0 Å². The van der Waals surface area contributed by atoms with Gasteiger partial charge in [-0.15, -0.1) is 0 Å². The number of aliphatic hydroxyl groups excluding tert-OH is 1. The van der Waals surface area contributed by atoms with Gasteiger partial charge in [-0.05, 0) is 39.0 Å². The topological polar surface area (TPSA) is 95.9 Å². The fraction of sp³-hybridized carbons (Fsp3) is 0.429. The molecule has 0 spiro atoms. The fourth-order valence-electron chi connectivity index (χ4n) is 1.57. The van der Waals surface area contributed by atoms with Crippen molar-refractivity contribution in [1.82, 2.24) is 0 Å². The average Bonchev–Trinajstić information content (AvgIpc) is 2.28. The molecule has 0 unspecified atom stereocenters. The van der Waals surface area contributed by atoms with Crippen molar-refractivity contribution in [2.75, 3.05) is 5.32 Å². The van der Waals surface area contributed by atoms with E-state index in [1.807, 2.05) is 0 Å². The molecule has 0 bridgehead atoms. The lowest BCUT2D eigenvalue weighted by Crippen LogP contribution is -2.27. The van der Waals surface area contributed by atoms with Crippen molar-refractivity contribution < 1.29 is 28.9 Å². The van der Waals surface area contributed by atoms with Crippen LogP contribution in [0, 0.1) is 5.82 Å². The average molecular weight is 299 g/mol. The van der Waals surface area contributed by atoms with Crippen molar-refractivity contribution in [1.29, 1.82) is 0 Å². The summed E-state index contributed by atoms with van der Waals surface area (Å²) >= 11 is 0. The van der Waals surface area contributed by atoms with Crippen molar-refractivity contribution in [3.63, 3.8) is 0 Å². The number of nitrogens with one attached hydrogen (secondary N) is 1. The highest BCUT2D eigenvalue weighted by atomic mass is 19.1. The molecule has 21 heavy (non-hydrogen) atoms. The molecule has 1 aromatic carbocycles. The van der Waals surface area contributed by atoms with E-state index in [4.69, 9.17) is 9.84 Å². The van der Waals surface area contributed by atoms with Gasteiger partial charge in [0.15, 0.2) is 0 Å². The number of hydrogen-bond acceptors (Lipinski definition) is 4. The number of carboxylic acids is 1. The van der Waals surface area contributed by atoms with Gasteiger partial charge in [0, 0.05) is 11.3 Å². The van der Waals surface area contributed by atoms with Crippen molar-refractivity contribution in [3.05, 3.63) is 29.6 Å². The molecule has 0 aromatic heterocycles. The van der Waals surface area contributed by atoms with Crippen LogP contribution in [-0.4, -0.2) is 27.9 Å². The second-order valence-electron chi connectivity index (χ2n) is 5.48. The predicted octanol–water partition coefficient (Wildman–Crippen LogP) is 2.68. The summed E-state index contributed by atoms with van der Waals surface area (Å²) in [5.74, 6) is -2.01. The number of ether oxygens (including phenoxy) is 1. The molecule has 7 heteroatoms. The Labute approximate surface area is 121 Å². The Kier molecular flexibility index (Phi) is 5.26. The van der Waals surface area contributed by atoms with Gasteiger partial charge in [0.05, 0.1) is 12.5 Å². The number of amides is 1. The minimum Gasteiger partial charge on any atom is -0.481 e. The van der Waals surface area contributed by atoms with Crippen LogP contribution in [0.3, 0.4) is 0 Å². The van der Waals surface area contributed by atoms with E-state index < -0.39 is 36.0 Å². The van der Waals surface area contributed by atoms with Gasteiger partial charge in [0.1, 0.15) is 11.4 Å². The maximum atomic E-state index is 13.6. The van der Waals surface area contributed by atoms with Gasteiger partial charge >= 0.3 is 12.1 Å². The van der Waals surface area contributed by atoms with Gasteiger partial charge < -0.3 is 14.9 Å². The van der Waals surface area contributed by atoms with Crippen LogP contribution in [0.25, 0.3) is 0 Å². The Morgan fingerprint density at radius 2 is 2.00 bits per heavy atom. The first-order chi connectivity index (χ1) is 9.58. The van der Waals surface area contributed by atoms with Crippen LogP contribution >= 0.6 is 0 Å². The lowest BCUT2D eigenvalue weighted by atomic mass is 10.1. The summed E-state index contributed by atoms with van der Waals surface area (Å²) in [5.41, 5.74) is -0.688. The zero-order chi connectivity index (χ0) is 16.2. The molecule has 3 N–H and O–H groups in total. The molecule has 116 valence electrons. The van der Waals surface area contributed by atoms with E-state index in [9.17, 15) is 19.1 Å². The summed E-state index contributed by atoms with van der Waals surface area (Å²) in [6, 6.07) is 3.50.